The van der Waals surface area contributed by atoms with E-state index in [2.05, 4.69) is 4.85 Å². The number of rotatable bonds is 3. The normalized spacial score (nSPS) is 9.00. The molecule has 0 unspecified atom stereocenters. The van der Waals surface area contributed by atoms with E-state index in [4.69, 9.17) is 11.3 Å². The van der Waals surface area contributed by atoms with Crippen molar-refractivity contribution in [2.75, 3.05) is 13.2 Å². The predicted octanol–water partition coefficient (Wildman–Crippen LogP) is 2.29. The van der Waals surface area contributed by atoms with Gasteiger partial charge in [0, 0.05) is 0 Å². The average molecular weight is 161 g/mol. The van der Waals surface area contributed by atoms with Crippen LogP contribution < -0.4 is 4.74 Å². The molecule has 0 bridgehead atoms. The van der Waals surface area contributed by atoms with Crippen LogP contribution >= 0.6 is 0 Å². The van der Waals surface area contributed by atoms with Crippen molar-refractivity contribution < 1.29 is 4.74 Å². The van der Waals surface area contributed by atoms with Gasteiger partial charge in [0.25, 0.3) is 0 Å². The van der Waals surface area contributed by atoms with Crippen LogP contribution in [0.1, 0.15) is 5.56 Å². The van der Waals surface area contributed by atoms with E-state index in [1.807, 2.05) is 31.2 Å². The molecule has 0 aliphatic rings. The van der Waals surface area contributed by atoms with Gasteiger partial charge in [-0.15, -0.1) is 0 Å². The van der Waals surface area contributed by atoms with Gasteiger partial charge in [0.15, 0.2) is 6.61 Å². The van der Waals surface area contributed by atoms with Gasteiger partial charge in [0.2, 0.25) is 6.54 Å². The minimum Gasteiger partial charge on any atom is -0.486 e. The molecule has 0 N–H and O–H groups in total. The van der Waals surface area contributed by atoms with Crippen LogP contribution in [0.3, 0.4) is 0 Å². The lowest BCUT2D eigenvalue weighted by atomic mass is 10.2. The van der Waals surface area contributed by atoms with E-state index in [0.717, 1.165) is 5.75 Å². The van der Waals surface area contributed by atoms with Gasteiger partial charge in [0.1, 0.15) is 5.75 Å². The fourth-order valence-corrected chi connectivity index (χ4v) is 0.914. The van der Waals surface area contributed by atoms with Gasteiger partial charge in [0.05, 0.1) is 0 Å². The fourth-order valence-electron chi connectivity index (χ4n) is 0.914. The highest BCUT2D eigenvalue weighted by molar-refractivity contribution is 5.27. The molecule has 2 nitrogen and oxygen atoms in total. The van der Waals surface area contributed by atoms with Gasteiger partial charge in [-0.1, -0.05) is 12.1 Å². The Morgan fingerprint density at radius 2 is 2.33 bits per heavy atom. The SMILES string of the molecule is [C-]#[N+]CCOc1cccc(C)c1. The van der Waals surface area contributed by atoms with Crippen molar-refractivity contribution in [1.29, 1.82) is 0 Å². The zero-order valence-corrected chi connectivity index (χ0v) is 7.08. The van der Waals surface area contributed by atoms with Crippen LogP contribution in [0.5, 0.6) is 5.75 Å². The van der Waals surface area contributed by atoms with Crippen molar-refractivity contribution in [1.82, 2.24) is 0 Å². The van der Waals surface area contributed by atoms with Gasteiger partial charge in [-0.2, -0.15) is 0 Å². The first-order valence-corrected chi connectivity index (χ1v) is 3.85. The van der Waals surface area contributed by atoms with E-state index in [-0.39, 0.29) is 0 Å². The molecule has 1 rings (SSSR count). The molecule has 0 fully saturated rings. The van der Waals surface area contributed by atoms with Crippen LogP contribution in [-0.4, -0.2) is 13.2 Å². The molecule has 0 aliphatic heterocycles. The standard InChI is InChI=1S/C10H11NO/c1-9-4-3-5-10(8-9)12-7-6-11-2/h3-5,8H,6-7H2,1H3. The third-order valence-corrected chi connectivity index (χ3v) is 1.46. The number of nitrogens with zero attached hydrogens (tertiary/aromatic N) is 1. The summed E-state index contributed by atoms with van der Waals surface area (Å²) in [4.78, 5) is 3.20. The van der Waals surface area contributed by atoms with Gasteiger partial charge in [-0.3, -0.25) is 0 Å². The van der Waals surface area contributed by atoms with Crippen LogP contribution in [0.15, 0.2) is 24.3 Å². The van der Waals surface area contributed by atoms with E-state index in [9.17, 15) is 0 Å². The predicted molar refractivity (Wildman–Crippen MR) is 48.1 cm³/mol. The summed E-state index contributed by atoms with van der Waals surface area (Å²) in [6, 6.07) is 7.82. The number of hydrogen-bond acceptors (Lipinski definition) is 1. The average Bonchev–Trinajstić information content (AvgIpc) is 2.05. The number of hydrogen-bond donors (Lipinski definition) is 0. The molecule has 1 aromatic carbocycles. The Hall–Kier alpha value is -1.49. The van der Waals surface area contributed by atoms with Gasteiger partial charge in [-0.25, -0.2) is 6.57 Å². The molecule has 12 heavy (non-hydrogen) atoms. The monoisotopic (exact) mass is 161 g/mol. The smallest absolute Gasteiger partial charge is 0.248 e. The van der Waals surface area contributed by atoms with Crippen LogP contribution in [0.4, 0.5) is 0 Å². The summed E-state index contributed by atoms with van der Waals surface area (Å²) >= 11 is 0. The van der Waals surface area contributed by atoms with Crippen molar-refractivity contribution in [3.05, 3.63) is 41.2 Å². The van der Waals surface area contributed by atoms with Crippen LogP contribution in [0.2, 0.25) is 0 Å². The van der Waals surface area contributed by atoms with E-state index >= 15 is 0 Å². The molecule has 62 valence electrons. The first-order chi connectivity index (χ1) is 5.83. The summed E-state index contributed by atoms with van der Waals surface area (Å²) in [7, 11) is 0. The zero-order chi connectivity index (χ0) is 8.81. The van der Waals surface area contributed by atoms with E-state index in [1.54, 1.807) is 0 Å². The topological polar surface area (TPSA) is 13.6 Å². The molecule has 1 aromatic rings. The highest BCUT2D eigenvalue weighted by Crippen LogP contribution is 2.11. The molecule has 0 saturated heterocycles. The number of ether oxygens (including phenoxy) is 1. The Morgan fingerprint density at radius 3 is 3.00 bits per heavy atom. The first-order valence-electron chi connectivity index (χ1n) is 3.85. The molecule has 0 spiro atoms. The summed E-state index contributed by atoms with van der Waals surface area (Å²) in [5.74, 6) is 0.846. The summed E-state index contributed by atoms with van der Waals surface area (Å²) < 4.78 is 5.31. The van der Waals surface area contributed by atoms with Crippen molar-refractivity contribution in [2.45, 2.75) is 6.92 Å². The molecular formula is C10H11NO. The quantitative estimate of drug-likeness (QED) is 0.490. The van der Waals surface area contributed by atoms with Crippen LogP contribution in [0.25, 0.3) is 4.85 Å². The van der Waals surface area contributed by atoms with Gasteiger partial charge >= 0.3 is 0 Å². The summed E-state index contributed by atoms with van der Waals surface area (Å²) in [6.07, 6.45) is 0. The summed E-state index contributed by atoms with van der Waals surface area (Å²) in [5, 5.41) is 0. The first kappa shape index (κ1) is 8.61. The third-order valence-electron chi connectivity index (χ3n) is 1.46. The maximum absolute atomic E-state index is 6.56. The lowest BCUT2D eigenvalue weighted by molar-refractivity contribution is 0.336. The Balaban J connectivity index is 2.48. The fraction of sp³-hybridized carbons (Fsp3) is 0.300. The van der Waals surface area contributed by atoms with E-state index in [1.165, 1.54) is 5.56 Å². The number of aryl methyl sites for hydroxylation is 1. The van der Waals surface area contributed by atoms with Crippen molar-refractivity contribution in [3.8, 4) is 5.75 Å². The minimum atomic E-state index is 0.425. The second kappa shape index (κ2) is 4.40. The molecule has 0 aromatic heterocycles. The molecule has 2 heteroatoms. The zero-order valence-electron chi connectivity index (χ0n) is 7.08. The molecule has 0 heterocycles. The molecule has 0 radical (unpaired) electrons. The highest BCUT2D eigenvalue weighted by atomic mass is 16.5. The molecule has 0 aliphatic carbocycles. The lowest BCUT2D eigenvalue weighted by Crippen LogP contribution is -1.99. The second-order valence-corrected chi connectivity index (χ2v) is 2.55. The van der Waals surface area contributed by atoms with Crippen LogP contribution in [-0.2, 0) is 0 Å². The summed E-state index contributed by atoms with van der Waals surface area (Å²) in [5.41, 5.74) is 1.18. The Kier molecular flexibility index (Phi) is 3.16. The molecule has 0 atom stereocenters. The van der Waals surface area contributed by atoms with E-state index in [0.29, 0.717) is 13.2 Å². The van der Waals surface area contributed by atoms with Crippen molar-refractivity contribution >= 4 is 0 Å². The van der Waals surface area contributed by atoms with Gasteiger partial charge in [-0.05, 0) is 24.6 Å². The minimum absolute atomic E-state index is 0.425. The van der Waals surface area contributed by atoms with Crippen molar-refractivity contribution in [3.63, 3.8) is 0 Å². The van der Waals surface area contributed by atoms with Crippen LogP contribution in [0, 0.1) is 13.5 Å². The Morgan fingerprint density at radius 1 is 1.50 bits per heavy atom. The third kappa shape index (κ3) is 2.63. The summed E-state index contributed by atoms with van der Waals surface area (Å²) in [6.45, 7) is 9.47. The molecule has 0 amide bonds. The maximum atomic E-state index is 6.56. The maximum Gasteiger partial charge on any atom is 0.248 e. The molecule has 0 saturated carbocycles. The highest BCUT2D eigenvalue weighted by Gasteiger charge is 1.93. The largest absolute Gasteiger partial charge is 0.486 e. The Bertz CT molecular complexity index is 288. The van der Waals surface area contributed by atoms with Gasteiger partial charge < -0.3 is 9.58 Å². The lowest BCUT2D eigenvalue weighted by Gasteiger charge is -2.02. The van der Waals surface area contributed by atoms with Crippen molar-refractivity contribution in [2.24, 2.45) is 0 Å². The number of benzene rings is 1. The second-order valence-electron chi connectivity index (χ2n) is 2.55. The van der Waals surface area contributed by atoms with E-state index < -0.39 is 0 Å². The molecular weight excluding hydrogens is 150 g/mol. The Labute approximate surface area is 72.6 Å².